The van der Waals surface area contributed by atoms with Crippen LogP contribution in [0.2, 0.25) is 5.02 Å². The SMILES string of the molecule is N[C@@H]1CCC[C@H]1CC(=O)N1CCN(CC(=O)Nc2ccccc2Cl)CC1. The number of carbonyl (C=O) groups excluding carboxylic acids is 2. The Balaban J connectivity index is 1.41. The van der Waals surface area contributed by atoms with Crippen LogP contribution in [0.5, 0.6) is 0 Å². The monoisotopic (exact) mass is 378 g/mol. The fourth-order valence-corrected chi connectivity index (χ4v) is 3.97. The standard InChI is InChI=1S/C19H27ClN4O2/c20-15-5-1-2-7-17(15)22-18(25)13-23-8-10-24(11-9-23)19(26)12-14-4-3-6-16(14)21/h1-2,5,7,14,16H,3-4,6,8-13,21H2,(H,22,25)/t14-,16+/m0/s1. The molecule has 3 rings (SSSR count). The summed E-state index contributed by atoms with van der Waals surface area (Å²) in [5, 5.41) is 3.37. The summed E-state index contributed by atoms with van der Waals surface area (Å²) in [6, 6.07) is 7.37. The van der Waals surface area contributed by atoms with Gasteiger partial charge in [-0.15, -0.1) is 0 Å². The molecule has 0 radical (unpaired) electrons. The van der Waals surface area contributed by atoms with Crippen LogP contribution in [0, 0.1) is 5.92 Å². The third-order valence-electron chi connectivity index (χ3n) is 5.39. The van der Waals surface area contributed by atoms with E-state index in [1.54, 1.807) is 12.1 Å². The van der Waals surface area contributed by atoms with Crippen LogP contribution in [0.3, 0.4) is 0 Å². The zero-order valence-corrected chi connectivity index (χ0v) is 15.8. The minimum atomic E-state index is -0.0881. The molecule has 7 heteroatoms. The molecule has 6 nitrogen and oxygen atoms in total. The molecule has 3 N–H and O–H groups in total. The van der Waals surface area contributed by atoms with E-state index in [2.05, 4.69) is 10.2 Å². The van der Waals surface area contributed by atoms with E-state index in [0.29, 0.717) is 55.8 Å². The molecule has 1 aliphatic carbocycles. The first-order chi connectivity index (χ1) is 12.5. The number of anilines is 1. The van der Waals surface area contributed by atoms with Gasteiger partial charge in [-0.1, -0.05) is 30.2 Å². The number of nitrogens with two attached hydrogens (primary N) is 1. The fraction of sp³-hybridized carbons (Fsp3) is 0.579. The number of hydrogen-bond acceptors (Lipinski definition) is 4. The molecule has 26 heavy (non-hydrogen) atoms. The highest BCUT2D eigenvalue weighted by molar-refractivity contribution is 6.33. The molecule has 2 atom stereocenters. The van der Waals surface area contributed by atoms with E-state index in [4.69, 9.17) is 17.3 Å². The lowest BCUT2D eigenvalue weighted by atomic mass is 9.99. The first kappa shape index (κ1) is 19.1. The average Bonchev–Trinajstić information content (AvgIpc) is 3.02. The number of amides is 2. The highest BCUT2D eigenvalue weighted by atomic mass is 35.5. The Morgan fingerprint density at radius 1 is 1.15 bits per heavy atom. The van der Waals surface area contributed by atoms with E-state index in [0.717, 1.165) is 19.3 Å². The Labute approximate surface area is 159 Å². The normalized spacial score (nSPS) is 23.8. The van der Waals surface area contributed by atoms with Crippen molar-refractivity contribution >= 4 is 29.1 Å². The summed E-state index contributed by atoms with van der Waals surface area (Å²) in [6.07, 6.45) is 3.79. The zero-order valence-electron chi connectivity index (χ0n) is 15.0. The second-order valence-electron chi connectivity index (χ2n) is 7.24. The van der Waals surface area contributed by atoms with Gasteiger partial charge < -0.3 is 16.0 Å². The van der Waals surface area contributed by atoms with Gasteiger partial charge in [0.1, 0.15) is 0 Å². The first-order valence-corrected chi connectivity index (χ1v) is 9.71. The molecular formula is C19H27ClN4O2. The summed E-state index contributed by atoms with van der Waals surface area (Å²) in [7, 11) is 0. The van der Waals surface area contributed by atoms with E-state index in [1.165, 1.54) is 0 Å². The molecule has 0 unspecified atom stereocenters. The molecule has 0 spiro atoms. The van der Waals surface area contributed by atoms with E-state index < -0.39 is 0 Å². The lowest BCUT2D eigenvalue weighted by Gasteiger charge is -2.35. The van der Waals surface area contributed by atoms with Crippen molar-refractivity contribution in [1.29, 1.82) is 0 Å². The molecule has 0 bridgehead atoms. The predicted molar refractivity (Wildman–Crippen MR) is 103 cm³/mol. The van der Waals surface area contributed by atoms with Gasteiger partial charge in [-0.2, -0.15) is 0 Å². The van der Waals surface area contributed by atoms with Gasteiger partial charge in [-0.25, -0.2) is 0 Å². The van der Waals surface area contributed by atoms with E-state index in [9.17, 15) is 9.59 Å². The first-order valence-electron chi connectivity index (χ1n) is 9.33. The van der Waals surface area contributed by atoms with Gasteiger partial charge in [0, 0.05) is 38.6 Å². The number of hydrogen-bond donors (Lipinski definition) is 2. The molecule has 2 amide bonds. The topological polar surface area (TPSA) is 78.7 Å². The minimum Gasteiger partial charge on any atom is -0.340 e. The Morgan fingerprint density at radius 2 is 1.88 bits per heavy atom. The summed E-state index contributed by atoms with van der Waals surface area (Å²) >= 11 is 6.06. The van der Waals surface area contributed by atoms with Crippen molar-refractivity contribution in [3.8, 4) is 0 Å². The van der Waals surface area contributed by atoms with Gasteiger partial charge in [0.25, 0.3) is 0 Å². The number of nitrogens with one attached hydrogen (secondary N) is 1. The molecule has 2 aliphatic rings. The maximum Gasteiger partial charge on any atom is 0.238 e. The number of rotatable bonds is 5. The summed E-state index contributed by atoms with van der Waals surface area (Å²) in [6.45, 7) is 3.05. The van der Waals surface area contributed by atoms with Gasteiger partial charge in [0.2, 0.25) is 11.8 Å². The lowest BCUT2D eigenvalue weighted by molar-refractivity contribution is -0.134. The second kappa shape index (κ2) is 8.84. The van der Waals surface area contributed by atoms with Crippen LogP contribution < -0.4 is 11.1 Å². The largest absolute Gasteiger partial charge is 0.340 e. The smallest absolute Gasteiger partial charge is 0.238 e. The number of benzene rings is 1. The molecule has 1 aromatic carbocycles. The summed E-state index contributed by atoms with van der Waals surface area (Å²) in [4.78, 5) is 28.7. The van der Waals surface area contributed by atoms with Crippen molar-refractivity contribution in [2.24, 2.45) is 11.7 Å². The van der Waals surface area contributed by atoms with Crippen LogP contribution in [0.4, 0.5) is 5.69 Å². The Hall–Kier alpha value is -1.63. The van der Waals surface area contributed by atoms with Crippen molar-refractivity contribution < 1.29 is 9.59 Å². The number of para-hydroxylation sites is 1. The predicted octanol–water partition coefficient (Wildman–Crippen LogP) is 1.94. The maximum atomic E-state index is 12.5. The average molecular weight is 379 g/mol. The molecular weight excluding hydrogens is 352 g/mol. The highest BCUT2D eigenvalue weighted by Gasteiger charge is 2.29. The molecule has 1 saturated carbocycles. The van der Waals surface area contributed by atoms with Crippen molar-refractivity contribution in [2.75, 3.05) is 38.0 Å². The highest BCUT2D eigenvalue weighted by Crippen LogP contribution is 2.27. The molecule has 2 fully saturated rings. The summed E-state index contributed by atoms with van der Waals surface area (Å²) < 4.78 is 0. The van der Waals surface area contributed by atoms with Crippen molar-refractivity contribution in [3.63, 3.8) is 0 Å². The van der Waals surface area contributed by atoms with E-state index in [-0.39, 0.29) is 17.9 Å². The molecule has 1 aromatic rings. The summed E-state index contributed by atoms with van der Waals surface area (Å²) in [5.41, 5.74) is 6.70. The van der Waals surface area contributed by atoms with Gasteiger partial charge in [0.15, 0.2) is 0 Å². The third kappa shape index (κ3) is 4.96. The lowest BCUT2D eigenvalue weighted by Crippen LogP contribution is -2.51. The number of carbonyl (C=O) groups is 2. The number of nitrogens with zero attached hydrogens (tertiary/aromatic N) is 2. The quantitative estimate of drug-likeness (QED) is 0.820. The Kier molecular flexibility index (Phi) is 6.51. The van der Waals surface area contributed by atoms with Crippen LogP contribution in [-0.4, -0.2) is 60.4 Å². The van der Waals surface area contributed by atoms with Crippen LogP contribution in [-0.2, 0) is 9.59 Å². The van der Waals surface area contributed by atoms with Gasteiger partial charge in [-0.05, 0) is 30.9 Å². The van der Waals surface area contributed by atoms with Crippen LogP contribution in [0.1, 0.15) is 25.7 Å². The molecule has 1 aliphatic heterocycles. The van der Waals surface area contributed by atoms with Crippen molar-refractivity contribution in [2.45, 2.75) is 31.7 Å². The number of piperazine rings is 1. The van der Waals surface area contributed by atoms with E-state index in [1.807, 2.05) is 17.0 Å². The minimum absolute atomic E-state index is 0.0881. The second-order valence-corrected chi connectivity index (χ2v) is 7.65. The van der Waals surface area contributed by atoms with E-state index >= 15 is 0 Å². The van der Waals surface area contributed by atoms with Crippen LogP contribution >= 0.6 is 11.6 Å². The Morgan fingerprint density at radius 3 is 2.54 bits per heavy atom. The molecule has 142 valence electrons. The van der Waals surface area contributed by atoms with Crippen LogP contribution in [0.15, 0.2) is 24.3 Å². The van der Waals surface area contributed by atoms with Gasteiger partial charge in [0.05, 0.1) is 17.3 Å². The van der Waals surface area contributed by atoms with Crippen LogP contribution in [0.25, 0.3) is 0 Å². The maximum absolute atomic E-state index is 12.5. The number of halogens is 1. The molecule has 1 heterocycles. The van der Waals surface area contributed by atoms with Crippen molar-refractivity contribution in [3.05, 3.63) is 29.3 Å². The Bertz CT molecular complexity index is 646. The van der Waals surface area contributed by atoms with Crippen molar-refractivity contribution in [1.82, 2.24) is 9.80 Å². The zero-order chi connectivity index (χ0) is 18.5. The van der Waals surface area contributed by atoms with Gasteiger partial charge >= 0.3 is 0 Å². The molecule has 0 aromatic heterocycles. The molecule has 1 saturated heterocycles. The third-order valence-corrected chi connectivity index (χ3v) is 5.72. The van der Waals surface area contributed by atoms with Gasteiger partial charge in [-0.3, -0.25) is 14.5 Å². The fourth-order valence-electron chi connectivity index (χ4n) is 3.78. The summed E-state index contributed by atoms with van der Waals surface area (Å²) in [5.74, 6) is 0.448.